The van der Waals surface area contributed by atoms with Gasteiger partial charge in [0.05, 0.1) is 5.56 Å². The van der Waals surface area contributed by atoms with E-state index in [4.69, 9.17) is 0 Å². The van der Waals surface area contributed by atoms with Crippen molar-refractivity contribution in [3.63, 3.8) is 0 Å². The highest BCUT2D eigenvalue weighted by Crippen LogP contribution is 2.37. The van der Waals surface area contributed by atoms with Gasteiger partial charge in [-0.05, 0) is 48.1 Å². The first-order valence-corrected chi connectivity index (χ1v) is 10.4. The van der Waals surface area contributed by atoms with E-state index < -0.39 is 11.7 Å². The molecule has 1 atom stereocenters. The molecule has 4 rings (SSSR count). The van der Waals surface area contributed by atoms with E-state index in [2.05, 4.69) is 18.0 Å². The number of alkyl halides is 3. The van der Waals surface area contributed by atoms with Crippen molar-refractivity contribution in [2.45, 2.75) is 44.7 Å². The zero-order chi connectivity index (χ0) is 21.3. The Morgan fingerprint density at radius 2 is 1.80 bits per heavy atom. The maximum Gasteiger partial charge on any atom is 0.416 e. The highest BCUT2D eigenvalue weighted by atomic mass is 19.4. The lowest BCUT2D eigenvalue weighted by Gasteiger charge is -2.22. The van der Waals surface area contributed by atoms with Crippen LogP contribution in [-0.2, 0) is 17.4 Å². The van der Waals surface area contributed by atoms with Gasteiger partial charge in [-0.3, -0.25) is 4.79 Å². The topological polar surface area (TPSA) is 36.1 Å². The highest BCUT2D eigenvalue weighted by molar-refractivity contribution is 5.88. The van der Waals surface area contributed by atoms with Crippen LogP contribution in [0.15, 0.2) is 48.7 Å². The second kappa shape index (κ2) is 8.17. The van der Waals surface area contributed by atoms with Crippen molar-refractivity contribution >= 4 is 16.8 Å². The van der Waals surface area contributed by atoms with Gasteiger partial charge in [-0.15, -0.1) is 0 Å². The average Bonchev–Trinajstić information content (AvgIpc) is 3.41. The van der Waals surface area contributed by atoms with Crippen LogP contribution in [0, 0.1) is 0 Å². The molecule has 3 aromatic rings. The van der Waals surface area contributed by atoms with Gasteiger partial charge in [0.25, 0.3) is 0 Å². The van der Waals surface area contributed by atoms with Crippen molar-refractivity contribution in [1.29, 1.82) is 0 Å². The lowest BCUT2D eigenvalue weighted by molar-refractivity contribution is -0.137. The number of benzene rings is 2. The molecule has 0 bridgehead atoms. The van der Waals surface area contributed by atoms with Gasteiger partial charge in [-0.2, -0.15) is 13.2 Å². The van der Waals surface area contributed by atoms with Crippen molar-refractivity contribution in [2.24, 2.45) is 0 Å². The van der Waals surface area contributed by atoms with Crippen molar-refractivity contribution in [3.05, 3.63) is 70.9 Å². The van der Waals surface area contributed by atoms with E-state index in [0.29, 0.717) is 0 Å². The Balaban J connectivity index is 1.75. The molecule has 0 unspecified atom stereocenters. The number of carbonyl (C=O) groups excluding carboxylic acids is 1. The zero-order valence-electron chi connectivity index (χ0n) is 16.9. The fourth-order valence-corrected chi connectivity index (χ4v) is 4.40. The zero-order valence-corrected chi connectivity index (χ0v) is 16.9. The molecule has 2 aromatic carbocycles. The molecule has 0 radical (unpaired) electrons. The summed E-state index contributed by atoms with van der Waals surface area (Å²) >= 11 is 0. The molecule has 2 heterocycles. The van der Waals surface area contributed by atoms with E-state index in [1.807, 2.05) is 23.2 Å². The Hall–Kier alpha value is -2.76. The molecule has 1 aliphatic rings. The molecule has 1 fully saturated rings. The minimum atomic E-state index is -4.38. The van der Waals surface area contributed by atoms with Crippen LogP contribution in [0.25, 0.3) is 10.9 Å². The summed E-state index contributed by atoms with van der Waals surface area (Å²) in [5, 5.41) is 1.02. The number of rotatable bonds is 5. The average molecular weight is 414 g/mol. The Morgan fingerprint density at radius 3 is 2.43 bits per heavy atom. The third-order valence-corrected chi connectivity index (χ3v) is 6.07. The molecule has 3 nitrogen and oxygen atoms in total. The van der Waals surface area contributed by atoms with Crippen LogP contribution < -0.4 is 0 Å². The first-order chi connectivity index (χ1) is 14.4. The van der Waals surface area contributed by atoms with E-state index in [-0.39, 0.29) is 18.2 Å². The standard InChI is InChI=1S/C24H25F3N2O/c1-2-16-6-5-7-19-21(15-28-23(16)19)20(14-22(30)29-12-3-4-13-29)17-8-10-18(11-9-17)24(25,26)27/h5-11,15,20,28H,2-4,12-14H2,1H3/t20-/m0/s1. The summed E-state index contributed by atoms with van der Waals surface area (Å²) in [4.78, 5) is 18.1. The third-order valence-electron chi connectivity index (χ3n) is 6.07. The highest BCUT2D eigenvalue weighted by Gasteiger charge is 2.31. The van der Waals surface area contributed by atoms with E-state index >= 15 is 0 Å². The second-order valence-corrected chi connectivity index (χ2v) is 7.90. The van der Waals surface area contributed by atoms with Crippen molar-refractivity contribution in [3.8, 4) is 0 Å². The second-order valence-electron chi connectivity index (χ2n) is 7.90. The summed E-state index contributed by atoms with van der Waals surface area (Å²) < 4.78 is 39.1. The van der Waals surface area contributed by atoms with Gasteiger partial charge in [0.1, 0.15) is 0 Å². The van der Waals surface area contributed by atoms with E-state index in [1.165, 1.54) is 17.7 Å². The Labute approximate surface area is 173 Å². The van der Waals surface area contributed by atoms with Gasteiger partial charge in [0.15, 0.2) is 0 Å². The number of aromatic nitrogens is 1. The quantitative estimate of drug-likeness (QED) is 0.555. The number of aromatic amines is 1. The molecule has 1 saturated heterocycles. The number of halogens is 3. The molecular formula is C24H25F3N2O. The molecule has 30 heavy (non-hydrogen) atoms. The fourth-order valence-electron chi connectivity index (χ4n) is 4.40. The Morgan fingerprint density at radius 1 is 1.10 bits per heavy atom. The minimum absolute atomic E-state index is 0.0541. The molecule has 1 amide bonds. The molecular weight excluding hydrogens is 389 g/mol. The molecule has 0 spiro atoms. The Bertz CT molecular complexity index is 1030. The van der Waals surface area contributed by atoms with Gasteiger partial charge >= 0.3 is 6.18 Å². The lowest BCUT2D eigenvalue weighted by Crippen LogP contribution is -2.29. The number of para-hydroxylation sites is 1. The van der Waals surface area contributed by atoms with Gasteiger partial charge < -0.3 is 9.88 Å². The number of carbonyl (C=O) groups is 1. The Kier molecular flexibility index (Phi) is 5.58. The van der Waals surface area contributed by atoms with Crippen LogP contribution >= 0.6 is 0 Å². The SMILES string of the molecule is CCc1cccc2c([C@@H](CC(=O)N3CCCC3)c3ccc(C(F)(F)F)cc3)c[nH]c12. The molecule has 1 aliphatic heterocycles. The third kappa shape index (κ3) is 3.95. The summed E-state index contributed by atoms with van der Waals surface area (Å²) in [6.07, 6.45) is 0.649. The van der Waals surface area contributed by atoms with Crippen LogP contribution in [0.1, 0.15) is 54.4 Å². The van der Waals surface area contributed by atoms with E-state index in [0.717, 1.165) is 66.5 Å². The molecule has 0 aliphatic carbocycles. The van der Waals surface area contributed by atoms with Crippen LogP contribution in [0.4, 0.5) is 13.2 Å². The van der Waals surface area contributed by atoms with Gasteiger partial charge in [-0.1, -0.05) is 37.3 Å². The predicted molar refractivity (Wildman–Crippen MR) is 111 cm³/mol. The van der Waals surface area contributed by atoms with Crippen molar-refractivity contribution in [1.82, 2.24) is 9.88 Å². The number of hydrogen-bond acceptors (Lipinski definition) is 1. The molecule has 6 heteroatoms. The van der Waals surface area contributed by atoms with E-state index in [9.17, 15) is 18.0 Å². The summed E-state index contributed by atoms with van der Waals surface area (Å²) in [5.74, 6) is -0.250. The van der Waals surface area contributed by atoms with Crippen LogP contribution in [0.3, 0.4) is 0 Å². The van der Waals surface area contributed by atoms with Crippen molar-refractivity contribution in [2.75, 3.05) is 13.1 Å². The van der Waals surface area contributed by atoms with E-state index in [1.54, 1.807) is 0 Å². The monoisotopic (exact) mass is 414 g/mol. The van der Waals surface area contributed by atoms with Crippen LogP contribution in [0.2, 0.25) is 0 Å². The number of fused-ring (bicyclic) bond motifs is 1. The summed E-state index contributed by atoms with van der Waals surface area (Å²) in [5.41, 5.74) is 3.20. The number of hydrogen-bond donors (Lipinski definition) is 1. The van der Waals surface area contributed by atoms with Crippen LogP contribution in [0.5, 0.6) is 0 Å². The largest absolute Gasteiger partial charge is 0.416 e. The first-order valence-electron chi connectivity index (χ1n) is 10.4. The maximum atomic E-state index is 13.0. The number of nitrogens with one attached hydrogen (secondary N) is 1. The van der Waals surface area contributed by atoms with Gasteiger partial charge in [0.2, 0.25) is 5.91 Å². The normalized spacial score (nSPS) is 15.7. The molecule has 158 valence electrons. The number of amides is 1. The molecule has 1 aromatic heterocycles. The maximum absolute atomic E-state index is 13.0. The summed E-state index contributed by atoms with van der Waals surface area (Å²) in [7, 11) is 0. The smallest absolute Gasteiger partial charge is 0.361 e. The predicted octanol–water partition coefficient (Wildman–Crippen LogP) is 5.89. The first kappa shape index (κ1) is 20.5. The van der Waals surface area contributed by atoms with Crippen molar-refractivity contribution < 1.29 is 18.0 Å². The molecule has 1 N–H and O–H groups in total. The summed E-state index contributed by atoms with van der Waals surface area (Å²) in [6.45, 7) is 3.60. The van der Waals surface area contributed by atoms with Gasteiger partial charge in [0, 0.05) is 42.5 Å². The number of aryl methyl sites for hydroxylation is 1. The fraction of sp³-hybridized carbons (Fsp3) is 0.375. The minimum Gasteiger partial charge on any atom is -0.361 e. The summed E-state index contributed by atoms with van der Waals surface area (Å²) in [6, 6.07) is 11.3. The van der Waals surface area contributed by atoms with Crippen LogP contribution in [-0.4, -0.2) is 28.9 Å². The van der Waals surface area contributed by atoms with Gasteiger partial charge in [-0.25, -0.2) is 0 Å². The number of nitrogens with zero attached hydrogens (tertiary/aromatic N) is 1. The molecule has 0 saturated carbocycles. The number of likely N-dealkylation sites (tertiary alicyclic amines) is 1. The lowest BCUT2D eigenvalue weighted by atomic mass is 9.87. The number of H-pyrrole nitrogens is 1.